The molecule has 0 unspecified atom stereocenters. The van der Waals surface area contributed by atoms with Crippen molar-refractivity contribution in [3.05, 3.63) is 58.6 Å². The zero-order valence-corrected chi connectivity index (χ0v) is 17.8. The molecule has 0 spiro atoms. The normalized spacial score (nSPS) is 16.5. The maximum absolute atomic E-state index is 12.5. The Labute approximate surface area is 188 Å². The van der Waals surface area contributed by atoms with Crippen molar-refractivity contribution in [3.63, 3.8) is 0 Å². The molecule has 3 heterocycles. The fourth-order valence-corrected chi connectivity index (χ4v) is 4.49. The summed E-state index contributed by atoms with van der Waals surface area (Å²) in [6, 6.07) is 14.2. The van der Waals surface area contributed by atoms with E-state index in [-0.39, 0.29) is 17.5 Å². The van der Waals surface area contributed by atoms with Gasteiger partial charge in [-0.25, -0.2) is 9.38 Å². The predicted octanol–water partition coefficient (Wildman–Crippen LogP) is 2.91. The zero-order valence-electron chi connectivity index (χ0n) is 17.8. The molecule has 0 bridgehead atoms. The summed E-state index contributed by atoms with van der Waals surface area (Å²) in [5.41, 5.74) is 1.72. The Morgan fingerprint density at radius 3 is 2.45 bits per heavy atom. The minimum absolute atomic E-state index is 0.0363. The molecule has 166 valence electrons. The van der Waals surface area contributed by atoms with E-state index in [0.717, 1.165) is 23.7 Å². The van der Waals surface area contributed by atoms with Crippen LogP contribution in [0, 0.1) is 16.0 Å². The monoisotopic (exact) mass is 443 g/mol. The van der Waals surface area contributed by atoms with Gasteiger partial charge in [0.05, 0.1) is 16.0 Å². The SMILES string of the molecule is O=C(C1CC1)N1CCN(c2nc3ccccc3c3nnc(-c4ccccc4[N+](=O)[O-])n23)CC1. The number of hydrogen-bond donors (Lipinski definition) is 0. The second-order valence-electron chi connectivity index (χ2n) is 8.47. The number of nitrogens with zero attached hydrogens (tertiary/aromatic N) is 7. The van der Waals surface area contributed by atoms with Gasteiger partial charge in [-0.15, -0.1) is 10.2 Å². The maximum Gasteiger partial charge on any atom is 0.280 e. The lowest BCUT2D eigenvalue weighted by molar-refractivity contribution is -0.384. The number of para-hydroxylation sites is 2. The first-order valence-electron chi connectivity index (χ1n) is 11.0. The molecule has 2 aliphatic rings. The molecule has 10 heteroatoms. The minimum atomic E-state index is -0.410. The Bertz CT molecular complexity index is 1400. The highest BCUT2D eigenvalue weighted by atomic mass is 16.6. The number of piperazine rings is 1. The molecule has 0 N–H and O–H groups in total. The number of aromatic nitrogens is 4. The van der Waals surface area contributed by atoms with E-state index in [2.05, 4.69) is 15.1 Å². The quantitative estimate of drug-likeness (QED) is 0.352. The van der Waals surface area contributed by atoms with Crippen molar-refractivity contribution >= 4 is 34.1 Å². The number of amides is 1. The van der Waals surface area contributed by atoms with Gasteiger partial charge in [-0.1, -0.05) is 24.3 Å². The van der Waals surface area contributed by atoms with E-state index in [4.69, 9.17) is 4.98 Å². The van der Waals surface area contributed by atoms with Crippen molar-refractivity contribution in [2.24, 2.45) is 5.92 Å². The highest BCUT2D eigenvalue weighted by Gasteiger charge is 2.35. The number of carbonyl (C=O) groups is 1. The molecule has 1 aliphatic carbocycles. The zero-order chi connectivity index (χ0) is 22.5. The number of fused-ring (bicyclic) bond motifs is 3. The van der Waals surface area contributed by atoms with Crippen LogP contribution >= 0.6 is 0 Å². The topological polar surface area (TPSA) is 110 Å². The van der Waals surface area contributed by atoms with E-state index in [9.17, 15) is 14.9 Å². The van der Waals surface area contributed by atoms with Crippen LogP contribution in [-0.2, 0) is 4.79 Å². The van der Waals surface area contributed by atoms with Crippen molar-refractivity contribution in [3.8, 4) is 11.4 Å². The Hall–Kier alpha value is -4.08. The number of benzene rings is 2. The Morgan fingerprint density at radius 2 is 1.70 bits per heavy atom. The number of hydrogen-bond acceptors (Lipinski definition) is 7. The molecule has 0 atom stereocenters. The average molecular weight is 443 g/mol. The first kappa shape index (κ1) is 19.6. The summed E-state index contributed by atoms with van der Waals surface area (Å²) in [6.45, 7) is 2.48. The number of anilines is 1. The van der Waals surface area contributed by atoms with Crippen LogP contribution in [0.3, 0.4) is 0 Å². The van der Waals surface area contributed by atoms with Gasteiger partial charge in [-0.05, 0) is 31.0 Å². The van der Waals surface area contributed by atoms with Gasteiger partial charge in [-0.3, -0.25) is 14.9 Å². The molecule has 2 fully saturated rings. The van der Waals surface area contributed by atoms with Crippen LogP contribution in [0.15, 0.2) is 48.5 Å². The lowest BCUT2D eigenvalue weighted by Gasteiger charge is -2.35. The van der Waals surface area contributed by atoms with Crippen molar-refractivity contribution in [1.82, 2.24) is 24.5 Å². The smallest absolute Gasteiger partial charge is 0.280 e. The van der Waals surface area contributed by atoms with Crippen LogP contribution in [-0.4, -0.2) is 61.5 Å². The Morgan fingerprint density at radius 1 is 0.970 bits per heavy atom. The van der Waals surface area contributed by atoms with Gasteiger partial charge in [0, 0.05) is 43.5 Å². The first-order valence-corrected chi connectivity index (χ1v) is 11.0. The van der Waals surface area contributed by atoms with Gasteiger partial charge in [0.25, 0.3) is 5.69 Å². The second kappa shape index (κ2) is 7.51. The number of carbonyl (C=O) groups excluding carboxylic acids is 1. The average Bonchev–Trinajstić information content (AvgIpc) is 3.61. The third kappa shape index (κ3) is 3.25. The standard InChI is InChI=1S/C23H21N7O3/c31-22(15-9-10-15)27-11-13-28(14-12-27)23-24-18-7-3-1-5-16(18)20-25-26-21(29(20)23)17-6-2-4-8-19(17)30(32)33/h1-8,15H,9-14H2. The van der Waals surface area contributed by atoms with Crippen LogP contribution in [0.25, 0.3) is 27.9 Å². The predicted molar refractivity (Wildman–Crippen MR) is 122 cm³/mol. The number of nitro benzene ring substituents is 1. The fourth-order valence-electron chi connectivity index (χ4n) is 4.49. The molecule has 1 amide bonds. The van der Waals surface area contributed by atoms with Crippen LogP contribution in [0.4, 0.5) is 11.6 Å². The number of nitro groups is 1. The van der Waals surface area contributed by atoms with E-state index < -0.39 is 4.92 Å². The largest absolute Gasteiger partial charge is 0.339 e. The maximum atomic E-state index is 12.5. The van der Waals surface area contributed by atoms with E-state index >= 15 is 0 Å². The lowest BCUT2D eigenvalue weighted by Crippen LogP contribution is -2.50. The summed E-state index contributed by atoms with van der Waals surface area (Å²) in [4.78, 5) is 32.7. The highest BCUT2D eigenvalue weighted by molar-refractivity contribution is 5.93. The van der Waals surface area contributed by atoms with Crippen LogP contribution in [0.5, 0.6) is 0 Å². The van der Waals surface area contributed by atoms with Crippen molar-refractivity contribution in [2.45, 2.75) is 12.8 Å². The summed E-state index contributed by atoms with van der Waals surface area (Å²) < 4.78 is 1.81. The second-order valence-corrected chi connectivity index (χ2v) is 8.47. The van der Waals surface area contributed by atoms with Gasteiger partial charge in [0.2, 0.25) is 11.9 Å². The molecule has 33 heavy (non-hydrogen) atoms. The van der Waals surface area contributed by atoms with Crippen molar-refractivity contribution in [1.29, 1.82) is 0 Å². The van der Waals surface area contributed by atoms with Gasteiger partial charge in [0.1, 0.15) is 0 Å². The van der Waals surface area contributed by atoms with Crippen molar-refractivity contribution in [2.75, 3.05) is 31.1 Å². The molecular formula is C23H21N7O3. The Balaban J connectivity index is 1.49. The summed E-state index contributed by atoms with van der Waals surface area (Å²) in [5.74, 6) is 1.45. The van der Waals surface area contributed by atoms with E-state index in [1.807, 2.05) is 33.6 Å². The van der Waals surface area contributed by atoms with E-state index in [0.29, 0.717) is 49.2 Å². The molecule has 0 radical (unpaired) electrons. The summed E-state index contributed by atoms with van der Waals surface area (Å²) in [6.07, 6.45) is 1.98. The minimum Gasteiger partial charge on any atom is -0.339 e. The summed E-state index contributed by atoms with van der Waals surface area (Å²) in [5, 5.41) is 21.3. The van der Waals surface area contributed by atoms with Gasteiger partial charge >= 0.3 is 0 Å². The molecule has 2 aromatic carbocycles. The van der Waals surface area contributed by atoms with Crippen LogP contribution in [0.2, 0.25) is 0 Å². The molecule has 1 aliphatic heterocycles. The molecule has 6 rings (SSSR count). The van der Waals surface area contributed by atoms with Gasteiger partial charge in [0.15, 0.2) is 11.5 Å². The van der Waals surface area contributed by atoms with E-state index in [1.54, 1.807) is 18.2 Å². The van der Waals surface area contributed by atoms with Crippen LogP contribution in [0.1, 0.15) is 12.8 Å². The fraction of sp³-hybridized carbons (Fsp3) is 0.304. The Kier molecular flexibility index (Phi) is 4.46. The third-order valence-corrected chi connectivity index (χ3v) is 6.37. The van der Waals surface area contributed by atoms with E-state index in [1.165, 1.54) is 6.07 Å². The van der Waals surface area contributed by atoms with Gasteiger partial charge in [-0.2, -0.15) is 0 Å². The van der Waals surface area contributed by atoms with Gasteiger partial charge < -0.3 is 9.80 Å². The molecule has 4 aromatic rings. The molecule has 1 saturated carbocycles. The highest BCUT2D eigenvalue weighted by Crippen LogP contribution is 2.34. The molecule has 1 saturated heterocycles. The van der Waals surface area contributed by atoms with Crippen molar-refractivity contribution < 1.29 is 9.72 Å². The summed E-state index contributed by atoms with van der Waals surface area (Å²) >= 11 is 0. The molecule has 10 nitrogen and oxygen atoms in total. The van der Waals surface area contributed by atoms with Crippen LogP contribution < -0.4 is 4.90 Å². The first-order chi connectivity index (χ1) is 16.1. The number of rotatable bonds is 4. The molecular weight excluding hydrogens is 422 g/mol. The lowest BCUT2D eigenvalue weighted by atomic mass is 10.1. The third-order valence-electron chi connectivity index (χ3n) is 6.37. The summed E-state index contributed by atoms with van der Waals surface area (Å²) in [7, 11) is 0. The molecule has 2 aromatic heterocycles.